The van der Waals surface area contributed by atoms with Gasteiger partial charge < -0.3 is 4.90 Å². The molecular formula is C25H40N4. The van der Waals surface area contributed by atoms with Gasteiger partial charge in [-0.2, -0.15) is 0 Å². The molecule has 1 aliphatic heterocycles. The van der Waals surface area contributed by atoms with Gasteiger partial charge in [-0.05, 0) is 57.5 Å². The second-order valence-corrected chi connectivity index (χ2v) is 5.97. The van der Waals surface area contributed by atoms with Crippen LogP contribution in [0.2, 0.25) is 0 Å². The molecule has 0 N–H and O–H groups in total. The lowest BCUT2D eigenvalue weighted by Crippen LogP contribution is -2.31. The molecule has 29 heavy (non-hydrogen) atoms. The van der Waals surface area contributed by atoms with Crippen LogP contribution in [0, 0.1) is 0 Å². The van der Waals surface area contributed by atoms with E-state index in [1.807, 2.05) is 46.8 Å². The van der Waals surface area contributed by atoms with Crippen LogP contribution in [0.3, 0.4) is 0 Å². The van der Waals surface area contributed by atoms with E-state index in [9.17, 15) is 0 Å². The van der Waals surface area contributed by atoms with Gasteiger partial charge in [0, 0.05) is 19.8 Å². The van der Waals surface area contributed by atoms with Crippen LogP contribution < -0.4 is 4.90 Å². The predicted molar refractivity (Wildman–Crippen MR) is 132 cm³/mol. The summed E-state index contributed by atoms with van der Waals surface area (Å²) in [5.41, 5.74) is 2.88. The largest absolute Gasteiger partial charge is 0.350 e. The summed E-state index contributed by atoms with van der Waals surface area (Å²) in [4.78, 5) is 15.3. The Morgan fingerprint density at radius 3 is 2.52 bits per heavy atom. The van der Waals surface area contributed by atoms with E-state index in [4.69, 9.17) is 4.98 Å². The molecule has 1 saturated heterocycles. The van der Waals surface area contributed by atoms with Crippen LogP contribution in [-0.4, -0.2) is 37.6 Å². The van der Waals surface area contributed by atoms with Crippen LogP contribution in [0.25, 0.3) is 0 Å². The van der Waals surface area contributed by atoms with Crippen molar-refractivity contribution < 1.29 is 0 Å². The van der Waals surface area contributed by atoms with Crippen LogP contribution in [-0.2, 0) is 0 Å². The smallest absolute Gasteiger partial charge is 0.129 e. The van der Waals surface area contributed by atoms with Crippen molar-refractivity contribution in [2.75, 3.05) is 18.5 Å². The van der Waals surface area contributed by atoms with Gasteiger partial charge in [-0.3, -0.25) is 9.98 Å². The highest BCUT2D eigenvalue weighted by molar-refractivity contribution is 5.85. The quantitative estimate of drug-likeness (QED) is 0.284. The molecule has 0 aliphatic carbocycles. The monoisotopic (exact) mass is 396 g/mol. The molecular weight excluding hydrogens is 356 g/mol. The molecule has 1 aromatic rings. The Morgan fingerprint density at radius 2 is 1.93 bits per heavy atom. The summed E-state index contributed by atoms with van der Waals surface area (Å²) >= 11 is 0. The van der Waals surface area contributed by atoms with Crippen LogP contribution in [0.15, 0.2) is 58.1 Å². The van der Waals surface area contributed by atoms with Crippen LogP contribution in [0.1, 0.15) is 66.5 Å². The molecule has 0 aromatic carbocycles. The van der Waals surface area contributed by atoms with Gasteiger partial charge in [0.2, 0.25) is 0 Å². The molecule has 0 radical (unpaired) electrons. The van der Waals surface area contributed by atoms with Crippen molar-refractivity contribution in [3.05, 3.63) is 53.8 Å². The number of hydrogen-bond acceptors (Lipinski definition) is 4. The minimum Gasteiger partial charge on any atom is -0.350 e. The van der Waals surface area contributed by atoms with E-state index in [1.165, 1.54) is 12.0 Å². The third-order valence-corrected chi connectivity index (χ3v) is 4.39. The fourth-order valence-corrected chi connectivity index (χ4v) is 3.17. The van der Waals surface area contributed by atoms with Gasteiger partial charge in [-0.15, -0.1) is 0 Å². The maximum atomic E-state index is 4.77. The molecule has 0 bridgehead atoms. The van der Waals surface area contributed by atoms with E-state index < -0.39 is 0 Å². The second kappa shape index (κ2) is 16.5. The highest BCUT2D eigenvalue weighted by Gasteiger charge is 2.27. The highest BCUT2D eigenvalue weighted by Crippen LogP contribution is 2.30. The molecule has 160 valence electrons. The van der Waals surface area contributed by atoms with E-state index in [2.05, 4.69) is 58.9 Å². The first-order valence-electron chi connectivity index (χ1n) is 10.9. The van der Waals surface area contributed by atoms with Gasteiger partial charge in [0.15, 0.2) is 0 Å². The Hall–Kier alpha value is -2.49. The van der Waals surface area contributed by atoms with Crippen LogP contribution in [0.5, 0.6) is 0 Å². The van der Waals surface area contributed by atoms with E-state index >= 15 is 0 Å². The third kappa shape index (κ3) is 8.18. The van der Waals surface area contributed by atoms with Gasteiger partial charge in [0.05, 0.1) is 11.7 Å². The lowest BCUT2D eigenvalue weighted by Gasteiger charge is -2.27. The summed E-state index contributed by atoms with van der Waals surface area (Å²) in [7, 11) is 1.74. The van der Waals surface area contributed by atoms with E-state index in [0.717, 1.165) is 36.6 Å². The maximum absolute atomic E-state index is 4.77. The number of hydrogen-bond donors (Lipinski definition) is 0. The minimum absolute atomic E-state index is 0.369. The normalized spacial score (nSPS) is 16.7. The molecule has 1 aromatic heterocycles. The fourth-order valence-electron chi connectivity index (χ4n) is 3.17. The SMILES string of the molecule is C=Nc1ccc(N2CCCC2C(/C=C\C/C=C\C)=C/C)nc1C=NC.CC.CC. The number of aromatic nitrogens is 1. The summed E-state index contributed by atoms with van der Waals surface area (Å²) < 4.78 is 0. The molecule has 1 fully saturated rings. The van der Waals surface area contributed by atoms with Gasteiger partial charge in [0.1, 0.15) is 11.5 Å². The third-order valence-electron chi connectivity index (χ3n) is 4.39. The van der Waals surface area contributed by atoms with E-state index in [1.54, 1.807) is 13.3 Å². The molecule has 0 amide bonds. The summed E-state index contributed by atoms with van der Waals surface area (Å²) in [5.74, 6) is 0.978. The molecule has 2 rings (SSSR count). The lowest BCUT2D eigenvalue weighted by atomic mass is 10.0. The van der Waals surface area contributed by atoms with Gasteiger partial charge in [0.25, 0.3) is 0 Å². The van der Waals surface area contributed by atoms with Gasteiger partial charge >= 0.3 is 0 Å². The number of anilines is 1. The Morgan fingerprint density at radius 1 is 1.21 bits per heavy atom. The van der Waals surface area contributed by atoms with Crippen LogP contribution in [0.4, 0.5) is 11.5 Å². The Kier molecular flexibility index (Phi) is 15.0. The molecule has 1 aliphatic rings. The molecule has 1 unspecified atom stereocenters. The van der Waals surface area contributed by atoms with Crippen molar-refractivity contribution in [1.82, 2.24) is 4.98 Å². The maximum Gasteiger partial charge on any atom is 0.129 e. The molecule has 4 heteroatoms. The van der Waals surface area contributed by atoms with Crippen molar-refractivity contribution in [2.45, 2.75) is 66.8 Å². The summed E-state index contributed by atoms with van der Waals surface area (Å²) in [6, 6.07) is 4.37. The summed E-state index contributed by atoms with van der Waals surface area (Å²) in [6.45, 7) is 16.8. The van der Waals surface area contributed by atoms with Crippen LogP contribution >= 0.6 is 0 Å². The summed E-state index contributed by atoms with van der Waals surface area (Å²) in [6.07, 6.45) is 16.0. The predicted octanol–water partition coefficient (Wildman–Crippen LogP) is 6.95. The molecule has 2 heterocycles. The van der Waals surface area contributed by atoms with Crippen molar-refractivity contribution in [2.24, 2.45) is 9.98 Å². The zero-order chi connectivity index (χ0) is 22.1. The standard InChI is InChI=1S/C21H28N4.2C2H6/c1-5-7-8-9-11-17(6-2)20-12-10-15-25(20)21-14-13-18(23-4)19(24-21)16-22-3;2*1-2/h5-7,9,11,13-14,16,20H,4,8,10,12,15H2,1-3H3;2*1-2H3/b7-5-,11-9-,17-6+,22-16?;;. The van der Waals surface area contributed by atoms with Gasteiger partial charge in [-0.25, -0.2) is 4.98 Å². The molecule has 4 nitrogen and oxygen atoms in total. The zero-order valence-electron chi connectivity index (χ0n) is 19.5. The lowest BCUT2D eigenvalue weighted by molar-refractivity contribution is 0.765. The number of aliphatic imine (C=N–C) groups is 2. The number of pyridine rings is 1. The van der Waals surface area contributed by atoms with Crippen molar-refractivity contribution in [1.29, 1.82) is 0 Å². The first kappa shape index (κ1) is 26.5. The molecule has 0 spiro atoms. The van der Waals surface area contributed by atoms with Gasteiger partial charge in [-0.1, -0.05) is 58.1 Å². The topological polar surface area (TPSA) is 40.9 Å². The van der Waals surface area contributed by atoms with E-state index in [-0.39, 0.29) is 0 Å². The van der Waals surface area contributed by atoms with E-state index in [0.29, 0.717) is 6.04 Å². The Balaban J connectivity index is 0.00000184. The number of rotatable bonds is 7. The number of nitrogens with zero attached hydrogens (tertiary/aromatic N) is 4. The average molecular weight is 397 g/mol. The first-order chi connectivity index (χ1) is 14.2. The first-order valence-corrected chi connectivity index (χ1v) is 10.9. The number of allylic oxidation sites excluding steroid dienone is 4. The average Bonchev–Trinajstić information content (AvgIpc) is 3.26. The Labute approximate surface area is 178 Å². The zero-order valence-corrected chi connectivity index (χ0v) is 19.5. The molecule has 1 atom stereocenters. The minimum atomic E-state index is 0.369. The second-order valence-electron chi connectivity index (χ2n) is 5.97. The van der Waals surface area contributed by atoms with Crippen molar-refractivity contribution in [3.63, 3.8) is 0 Å². The van der Waals surface area contributed by atoms with Crippen molar-refractivity contribution >= 4 is 24.4 Å². The Bertz CT molecular complexity index is 699. The fraction of sp³-hybridized carbons (Fsp3) is 0.480. The molecule has 0 saturated carbocycles. The highest BCUT2D eigenvalue weighted by atomic mass is 15.2. The van der Waals surface area contributed by atoms with Crippen molar-refractivity contribution in [3.8, 4) is 0 Å². The summed E-state index contributed by atoms with van der Waals surface area (Å²) in [5, 5.41) is 0.